The summed E-state index contributed by atoms with van der Waals surface area (Å²) in [6.45, 7) is 5.20. The Morgan fingerprint density at radius 3 is 2.83 bits per heavy atom. The fraction of sp³-hybridized carbons (Fsp3) is 0.400. The zero-order valence-electron chi connectivity index (χ0n) is 11.0. The Labute approximate surface area is 109 Å². The van der Waals surface area contributed by atoms with Crippen LogP contribution in [0.5, 0.6) is 0 Å². The second-order valence-corrected chi connectivity index (χ2v) is 4.45. The predicted molar refractivity (Wildman–Crippen MR) is 74.4 cm³/mol. The number of aryl methyl sites for hydroxylation is 2. The molecule has 0 spiro atoms. The van der Waals surface area contributed by atoms with Crippen LogP contribution in [0.1, 0.15) is 24.6 Å². The van der Waals surface area contributed by atoms with Gasteiger partial charge in [0.1, 0.15) is 0 Å². The third-order valence-electron chi connectivity index (χ3n) is 3.09. The lowest BCUT2D eigenvalue weighted by Gasteiger charge is -2.07. The minimum Gasteiger partial charge on any atom is -0.335 e. The Morgan fingerprint density at radius 1 is 1.22 bits per heavy atom. The maximum Gasteiger partial charge on any atom is 0.0948 e. The monoisotopic (exact) mass is 243 g/mol. The molecule has 0 aliphatic rings. The van der Waals surface area contributed by atoms with Crippen LogP contribution in [0.3, 0.4) is 0 Å². The van der Waals surface area contributed by atoms with Crippen LogP contribution in [0, 0.1) is 0 Å². The number of rotatable bonds is 7. The summed E-state index contributed by atoms with van der Waals surface area (Å²) >= 11 is 0. The van der Waals surface area contributed by atoms with Gasteiger partial charge in [-0.2, -0.15) is 0 Å². The van der Waals surface area contributed by atoms with Crippen molar-refractivity contribution in [3.8, 4) is 0 Å². The number of benzene rings is 1. The molecule has 3 nitrogen and oxygen atoms in total. The van der Waals surface area contributed by atoms with Gasteiger partial charge in [0.05, 0.1) is 6.33 Å². The fourth-order valence-corrected chi connectivity index (χ4v) is 2.05. The molecule has 1 aromatic carbocycles. The lowest BCUT2D eigenvalue weighted by atomic mass is 10.2. The minimum atomic E-state index is 0.950. The molecule has 1 heterocycles. The molecule has 0 fully saturated rings. The molecular formula is C15H21N3. The number of aromatic nitrogens is 2. The molecule has 0 amide bonds. The Morgan fingerprint density at radius 2 is 2.06 bits per heavy atom. The van der Waals surface area contributed by atoms with Crippen LogP contribution < -0.4 is 5.32 Å². The van der Waals surface area contributed by atoms with Gasteiger partial charge in [0.2, 0.25) is 0 Å². The summed E-state index contributed by atoms with van der Waals surface area (Å²) in [5.41, 5.74) is 2.66. The first kappa shape index (κ1) is 12.8. The van der Waals surface area contributed by atoms with Crippen LogP contribution in [0.15, 0.2) is 42.9 Å². The van der Waals surface area contributed by atoms with Crippen LogP contribution in [0.25, 0.3) is 0 Å². The average molecular weight is 243 g/mol. The Kier molecular flexibility index (Phi) is 4.97. The number of nitrogens with one attached hydrogen (secondary N) is 1. The van der Waals surface area contributed by atoms with E-state index in [9.17, 15) is 0 Å². The molecule has 0 aliphatic heterocycles. The van der Waals surface area contributed by atoms with Gasteiger partial charge in [-0.3, -0.25) is 0 Å². The van der Waals surface area contributed by atoms with Crippen molar-refractivity contribution >= 4 is 0 Å². The zero-order valence-corrected chi connectivity index (χ0v) is 11.0. The van der Waals surface area contributed by atoms with Crippen molar-refractivity contribution in [3.05, 3.63) is 54.1 Å². The molecule has 96 valence electrons. The van der Waals surface area contributed by atoms with E-state index < -0.39 is 0 Å². The fourth-order valence-electron chi connectivity index (χ4n) is 2.05. The van der Waals surface area contributed by atoms with Gasteiger partial charge in [-0.15, -0.1) is 0 Å². The maximum absolute atomic E-state index is 4.18. The van der Waals surface area contributed by atoms with E-state index in [4.69, 9.17) is 0 Å². The lowest BCUT2D eigenvalue weighted by Crippen LogP contribution is -2.16. The average Bonchev–Trinajstić information content (AvgIpc) is 2.87. The molecule has 0 unspecified atom stereocenters. The number of nitrogens with zero attached hydrogens (tertiary/aromatic N) is 2. The molecule has 1 aromatic heterocycles. The molecule has 2 rings (SSSR count). The SMILES string of the molecule is CCc1cncn1CCCNCc1ccccc1. The van der Waals surface area contributed by atoms with E-state index in [0.717, 1.165) is 32.5 Å². The Balaban J connectivity index is 1.65. The van der Waals surface area contributed by atoms with Crippen LogP contribution >= 0.6 is 0 Å². The summed E-state index contributed by atoms with van der Waals surface area (Å²) in [5, 5.41) is 3.47. The quantitative estimate of drug-likeness (QED) is 0.758. The van der Waals surface area contributed by atoms with E-state index in [1.807, 2.05) is 12.5 Å². The van der Waals surface area contributed by atoms with E-state index in [2.05, 4.69) is 52.1 Å². The van der Waals surface area contributed by atoms with Crippen molar-refractivity contribution in [3.63, 3.8) is 0 Å². The van der Waals surface area contributed by atoms with E-state index >= 15 is 0 Å². The van der Waals surface area contributed by atoms with E-state index in [1.165, 1.54) is 11.3 Å². The molecule has 0 atom stereocenters. The van der Waals surface area contributed by atoms with Crippen molar-refractivity contribution in [2.24, 2.45) is 0 Å². The van der Waals surface area contributed by atoms with Crippen molar-refractivity contribution in [1.82, 2.24) is 14.9 Å². The highest BCUT2D eigenvalue weighted by atomic mass is 15.0. The standard InChI is InChI=1S/C15H21N3/c1-2-15-12-17-13-18(15)10-6-9-16-11-14-7-4-3-5-8-14/h3-5,7-8,12-13,16H,2,6,9-11H2,1H3. The van der Waals surface area contributed by atoms with Gasteiger partial charge in [0.25, 0.3) is 0 Å². The molecule has 18 heavy (non-hydrogen) atoms. The highest BCUT2D eigenvalue weighted by molar-refractivity contribution is 5.14. The normalized spacial score (nSPS) is 10.7. The minimum absolute atomic E-state index is 0.950. The number of imidazole rings is 1. The second-order valence-electron chi connectivity index (χ2n) is 4.45. The summed E-state index contributed by atoms with van der Waals surface area (Å²) in [4.78, 5) is 4.18. The zero-order chi connectivity index (χ0) is 12.6. The highest BCUT2D eigenvalue weighted by Gasteiger charge is 1.98. The van der Waals surface area contributed by atoms with Crippen LogP contribution in [-0.4, -0.2) is 16.1 Å². The number of hydrogen-bond acceptors (Lipinski definition) is 2. The largest absolute Gasteiger partial charge is 0.335 e. The van der Waals surface area contributed by atoms with Crippen molar-refractivity contribution in [1.29, 1.82) is 0 Å². The van der Waals surface area contributed by atoms with E-state index in [0.29, 0.717) is 0 Å². The van der Waals surface area contributed by atoms with Crippen molar-refractivity contribution in [2.75, 3.05) is 6.54 Å². The topological polar surface area (TPSA) is 29.9 Å². The lowest BCUT2D eigenvalue weighted by molar-refractivity contribution is 0.569. The predicted octanol–water partition coefficient (Wildman–Crippen LogP) is 2.63. The first-order valence-corrected chi connectivity index (χ1v) is 6.64. The van der Waals surface area contributed by atoms with Gasteiger partial charge < -0.3 is 9.88 Å². The smallest absolute Gasteiger partial charge is 0.0948 e. The van der Waals surface area contributed by atoms with Crippen LogP contribution in [-0.2, 0) is 19.5 Å². The molecule has 0 saturated heterocycles. The summed E-state index contributed by atoms with van der Waals surface area (Å²) in [5.74, 6) is 0. The van der Waals surface area contributed by atoms with E-state index in [1.54, 1.807) is 0 Å². The van der Waals surface area contributed by atoms with Gasteiger partial charge in [0.15, 0.2) is 0 Å². The van der Waals surface area contributed by atoms with Gasteiger partial charge in [-0.1, -0.05) is 37.3 Å². The number of hydrogen-bond donors (Lipinski definition) is 1. The second kappa shape index (κ2) is 6.97. The first-order chi connectivity index (χ1) is 8.90. The summed E-state index contributed by atoms with van der Waals surface area (Å²) in [7, 11) is 0. The first-order valence-electron chi connectivity index (χ1n) is 6.64. The summed E-state index contributed by atoms with van der Waals surface area (Å²) < 4.78 is 2.24. The van der Waals surface area contributed by atoms with Crippen LogP contribution in [0.2, 0.25) is 0 Å². The third kappa shape index (κ3) is 3.70. The Bertz CT molecular complexity index is 448. The van der Waals surface area contributed by atoms with E-state index in [-0.39, 0.29) is 0 Å². The molecule has 3 heteroatoms. The molecule has 0 saturated carbocycles. The van der Waals surface area contributed by atoms with Gasteiger partial charge >= 0.3 is 0 Å². The van der Waals surface area contributed by atoms with Gasteiger partial charge in [-0.05, 0) is 24.9 Å². The third-order valence-corrected chi connectivity index (χ3v) is 3.09. The van der Waals surface area contributed by atoms with Crippen LogP contribution in [0.4, 0.5) is 0 Å². The van der Waals surface area contributed by atoms with Gasteiger partial charge in [-0.25, -0.2) is 4.98 Å². The summed E-state index contributed by atoms with van der Waals surface area (Å²) in [6.07, 6.45) is 6.07. The highest BCUT2D eigenvalue weighted by Crippen LogP contribution is 2.01. The molecule has 1 N–H and O–H groups in total. The van der Waals surface area contributed by atoms with Gasteiger partial charge in [0, 0.05) is 25.0 Å². The Hall–Kier alpha value is -1.61. The molecule has 0 aliphatic carbocycles. The summed E-state index contributed by atoms with van der Waals surface area (Å²) in [6, 6.07) is 10.5. The van der Waals surface area contributed by atoms with Crippen molar-refractivity contribution < 1.29 is 0 Å². The molecular weight excluding hydrogens is 222 g/mol. The molecule has 2 aromatic rings. The molecule has 0 bridgehead atoms. The molecule has 0 radical (unpaired) electrons. The maximum atomic E-state index is 4.18. The van der Waals surface area contributed by atoms with Crippen molar-refractivity contribution in [2.45, 2.75) is 32.9 Å².